The number of aryl methyl sites for hydroxylation is 1. The zero-order valence-electron chi connectivity index (χ0n) is 20.4. The molecule has 2 amide bonds. The molecule has 2 aromatic heterocycles. The summed E-state index contributed by atoms with van der Waals surface area (Å²) in [6.07, 6.45) is 4.78. The number of aromatic nitrogens is 3. The van der Waals surface area contributed by atoms with Crippen molar-refractivity contribution in [3.63, 3.8) is 0 Å². The molecule has 34 heavy (non-hydrogen) atoms. The van der Waals surface area contributed by atoms with Gasteiger partial charge in [-0.25, -0.2) is 0 Å². The quantitative estimate of drug-likeness (QED) is 0.620. The summed E-state index contributed by atoms with van der Waals surface area (Å²) in [6, 6.07) is -0.0104. The van der Waals surface area contributed by atoms with E-state index in [9.17, 15) is 19.5 Å². The molecule has 0 unspecified atom stereocenters. The van der Waals surface area contributed by atoms with Crippen molar-refractivity contribution in [1.29, 1.82) is 0 Å². The van der Waals surface area contributed by atoms with Gasteiger partial charge in [0.15, 0.2) is 5.56 Å². The first-order valence-electron chi connectivity index (χ1n) is 11.8. The second-order valence-corrected chi connectivity index (χ2v) is 9.81. The van der Waals surface area contributed by atoms with Crippen molar-refractivity contribution in [3.8, 4) is 5.88 Å². The number of carbonyl (C=O) groups is 2. The Hall–Kier alpha value is -3.14. The molecule has 2 fully saturated rings. The van der Waals surface area contributed by atoms with Crippen LogP contribution in [0, 0.1) is 12.8 Å². The molecule has 0 spiro atoms. The molecule has 1 saturated heterocycles. The number of ether oxygens (including phenoxy) is 1. The first-order chi connectivity index (χ1) is 16.1. The Balaban J connectivity index is 1.79. The van der Waals surface area contributed by atoms with Gasteiger partial charge < -0.3 is 20.1 Å². The van der Waals surface area contributed by atoms with Gasteiger partial charge in [0, 0.05) is 30.8 Å². The molecule has 4 rings (SSSR count). The van der Waals surface area contributed by atoms with E-state index in [4.69, 9.17) is 4.74 Å². The van der Waals surface area contributed by atoms with Crippen molar-refractivity contribution in [2.24, 2.45) is 5.92 Å². The molecule has 10 nitrogen and oxygen atoms in total. The predicted molar refractivity (Wildman–Crippen MR) is 127 cm³/mol. The van der Waals surface area contributed by atoms with E-state index < -0.39 is 11.5 Å². The van der Waals surface area contributed by atoms with E-state index in [1.807, 2.05) is 27.7 Å². The Bertz CT molecular complexity index is 1210. The molecule has 10 heteroatoms. The highest BCUT2D eigenvalue weighted by Gasteiger charge is 2.31. The molecule has 2 atom stereocenters. The van der Waals surface area contributed by atoms with Crippen LogP contribution in [-0.4, -0.2) is 67.3 Å². The molecule has 2 aliphatic rings. The number of hydrogen-bond acceptors (Lipinski definition) is 6. The van der Waals surface area contributed by atoms with Crippen molar-refractivity contribution in [3.05, 3.63) is 33.3 Å². The van der Waals surface area contributed by atoms with Crippen molar-refractivity contribution in [2.45, 2.75) is 72.2 Å². The van der Waals surface area contributed by atoms with Crippen molar-refractivity contribution in [2.75, 3.05) is 13.2 Å². The number of rotatable bonds is 6. The van der Waals surface area contributed by atoms with Gasteiger partial charge in [-0.05, 0) is 45.6 Å². The second-order valence-electron chi connectivity index (χ2n) is 9.81. The standard InChI is InChI=1S/C24H33N5O5/c1-13(2)10-28-22-18(8-9-19(30)27-11-15(4)34-12-14(27)3)16(5)26-29(22)24(33)20(23(28)32)21(31)25-17-6-7-17/h8-9,13-15,17,32H,6-7,10-12H2,1-5H3,(H,25,31)/b9-8+/t14-,15-/m1/s1. The summed E-state index contributed by atoms with van der Waals surface area (Å²) in [7, 11) is 0. The Morgan fingerprint density at radius 1 is 1.29 bits per heavy atom. The Kier molecular flexibility index (Phi) is 6.53. The highest BCUT2D eigenvalue weighted by Crippen LogP contribution is 2.26. The summed E-state index contributed by atoms with van der Waals surface area (Å²) in [5, 5.41) is 18.2. The van der Waals surface area contributed by atoms with Crippen LogP contribution >= 0.6 is 0 Å². The van der Waals surface area contributed by atoms with Crippen LogP contribution in [0.5, 0.6) is 5.88 Å². The van der Waals surface area contributed by atoms with Crippen molar-refractivity contribution >= 4 is 23.5 Å². The number of nitrogens with zero attached hydrogens (tertiary/aromatic N) is 4. The van der Waals surface area contributed by atoms with Gasteiger partial charge in [0.05, 0.1) is 24.4 Å². The molecule has 184 valence electrons. The Labute approximate surface area is 198 Å². The zero-order valence-corrected chi connectivity index (χ0v) is 20.4. The molecule has 1 aliphatic heterocycles. The van der Waals surface area contributed by atoms with Crippen LogP contribution in [0.1, 0.15) is 62.2 Å². The number of aromatic hydroxyl groups is 1. The minimum Gasteiger partial charge on any atom is -0.494 e. The molecule has 1 saturated carbocycles. The normalized spacial score (nSPS) is 21.1. The molecule has 1 aliphatic carbocycles. The Morgan fingerprint density at radius 3 is 2.65 bits per heavy atom. The van der Waals surface area contributed by atoms with E-state index in [2.05, 4.69) is 10.4 Å². The molecule has 0 aromatic carbocycles. The Morgan fingerprint density at radius 2 is 2.00 bits per heavy atom. The predicted octanol–water partition coefficient (Wildman–Crippen LogP) is 1.71. The highest BCUT2D eigenvalue weighted by atomic mass is 16.5. The van der Waals surface area contributed by atoms with E-state index >= 15 is 0 Å². The maximum absolute atomic E-state index is 13.2. The monoisotopic (exact) mass is 471 g/mol. The number of amides is 2. The number of morpholine rings is 1. The summed E-state index contributed by atoms with van der Waals surface area (Å²) in [4.78, 5) is 40.7. The van der Waals surface area contributed by atoms with E-state index in [0.717, 1.165) is 17.4 Å². The lowest BCUT2D eigenvalue weighted by molar-refractivity contribution is -0.137. The van der Waals surface area contributed by atoms with Gasteiger partial charge in [0.1, 0.15) is 5.65 Å². The summed E-state index contributed by atoms with van der Waals surface area (Å²) in [5.74, 6) is -1.04. The molecule has 2 N–H and O–H groups in total. The number of carbonyl (C=O) groups excluding carboxylic acids is 2. The summed E-state index contributed by atoms with van der Waals surface area (Å²) < 4.78 is 8.30. The molecule has 2 aromatic rings. The topological polar surface area (TPSA) is 118 Å². The van der Waals surface area contributed by atoms with Gasteiger partial charge in [-0.1, -0.05) is 13.8 Å². The maximum atomic E-state index is 13.2. The van der Waals surface area contributed by atoms with Crippen molar-refractivity contribution < 1.29 is 19.4 Å². The van der Waals surface area contributed by atoms with E-state index in [0.29, 0.717) is 36.6 Å². The lowest BCUT2D eigenvalue weighted by Gasteiger charge is -2.36. The third-order valence-corrected chi connectivity index (χ3v) is 6.19. The fraction of sp³-hybridized carbons (Fsp3) is 0.583. The van der Waals surface area contributed by atoms with Crippen LogP contribution in [0.15, 0.2) is 10.9 Å². The van der Waals surface area contributed by atoms with E-state index in [-0.39, 0.29) is 41.5 Å². The van der Waals surface area contributed by atoms with Gasteiger partial charge in [-0.3, -0.25) is 19.0 Å². The van der Waals surface area contributed by atoms with Gasteiger partial charge in [0.2, 0.25) is 11.8 Å². The number of nitrogens with one attached hydrogen (secondary N) is 1. The first kappa shape index (κ1) is 24.0. The van der Waals surface area contributed by atoms with Gasteiger partial charge in [-0.2, -0.15) is 9.61 Å². The van der Waals surface area contributed by atoms with E-state index in [1.165, 1.54) is 10.6 Å². The maximum Gasteiger partial charge on any atom is 0.291 e. The smallest absolute Gasteiger partial charge is 0.291 e. The molecule has 0 radical (unpaired) electrons. The third-order valence-electron chi connectivity index (χ3n) is 6.19. The number of hydrogen-bond donors (Lipinski definition) is 2. The largest absolute Gasteiger partial charge is 0.494 e. The minimum absolute atomic E-state index is 0.0368. The summed E-state index contributed by atoms with van der Waals surface area (Å²) in [6.45, 7) is 10.9. The summed E-state index contributed by atoms with van der Waals surface area (Å²) in [5.41, 5.74) is 0.412. The molecular weight excluding hydrogens is 438 g/mol. The fourth-order valence-corrected chi connectivity index (χ4v) is 4.24. The molecule has 0 bridgehead atoms. The lowest BCUT2D eigenvalue weighted by Crippen LogP contribution is -2.49. The van der Waals surface area contributed by atoms with Gasteiger partial charge in [0.25, 0.3) is 11.5 Å². The second kappa shape index (κ2) is 9.25. The van der Waals surface area contributed by atoms with Crippen LogP contribution in [0.25, 0.3) is 11.7 Å². The number of fused-ring (bicyclic) bond motifs is 1. The van der Waals surface area contributed by atoms with Crippen LogP contribution < -0.4 is 10.9 Å². The van der Waals surface area contributed by atoms with Crippen molar-refractivity contribution in [1.82, 2.24) is 24.4 Å². The highest BCUT2D eigenvalue weighted by molar-refractivity contribution is 5.97. The van der Waals surface area contributed by atoms with Gasteiger partial charge >= 0.3 is 0 Å². The first-order valence-corrected chi connectivity index (χ1v) is 11.8. The average molecular weight is 472 g/mol. The summed E-state index contributed by atoms with van der Waals surface area (Å²) >= 11 is 0. The van der Waals surface area contributed by atoms with Crippen LogP contribution in [0.3, 0.4) is 0 Å². The molecule has 3 heterocycles. The SMILES string of the molecule is Cc1nn2c(=O)c(C(=O)NC3CC3)c(O)n(CC(C)C)c2c1/C=C/C(=O)N1C[C@@H](C)OC[C@H]1C. The van der Waals surface area contributed by atoms with Crippen LogP contribution in [0.4, 0.5) is 0 Å². The van der Waals surface area contributed by atoms with Crippen LogP contribution in [-0.2, 0) is 16.1 Å². The third kappa shape index (κ3) is 4.59. The van der Waals surface area contributed by atoms with Gasteiger partial charge in [-0.15, -0.1) is 0 Å². The molecular formula is C24H33N5O5. The van der Waals surface area contributed by atoms with E-state index in [1.54, 1.807) is 17.9 Å². The van der Waals surface area contributed by atoms with Crippen LogP contribution in [0.2, 0.25) is 0 Å². The fourth-order valence-electron chi connectivity index (χ4n) is 4.24. The minimum atomic E-state index is -0.685. The average Bonchev–Trinajstić information content (AvgIpc) is 3.51. The lowest BCUT2D eigenvalue weighted by atomic mass is 10.1. The zero-order chi connectivity index (χ0) is 24.7.